The molecule has 2 unspecified atom stereocenters. The third kappa shape index (κ3) is 1.93. The maximum atomic E-state index is 6.35. The lowest BCUT2D eigenvalue weighted by Crippen LogP contribution is -2.40. The van der Waals surface area contributed by atoms with Crippen molar-refractivity contribution in [3.05, 3.63) is 23.0 Å². The van der Waals surface area contributed by atoms with Gasteiger partial charge in [-0.05, 0) is 19.9 Å². The zero-order chi connectivity index (χ0) is 12.7. The maximum Gasteiger partial charge on any atom is 0.147 e. The molecule has 2 atom stereocenters. The number of aliphatic imine (C=N–C) groups is 1. The summed E-state index contributed by atoms with van der Waals surface area (Å²) in [5, 5.41) is 0.746. The van der Waals surface area contributed by atoms with Gasteiger partial charge in [-0.1, -0.05) is 11.6 Å². The first-order chi connectivity index (χ1) is 8.66. The van der Waals surface area contributed by atoms with Gasteiger partial charge in [0.05, 0.1) is 36.0 Å². The topological polar surface area (TPSA) is 28.1 Å². The van der Waals surface area contributed by atoms with E-state index in [1.165, 1.54) is 5.70 Å². The Morgan fingerprint density at radius 1 is 1.33 bits per heavy atom. The highest BCUT2D eigenvalue weighted by molar-refractivity contribution is 6.43. The highest BCUT2D eigenvalue weighted by Crippen LogP contribution is 2.30. The van der Waals surface area contributed by atoms with Crippen LogP contribution >= 0.6 is 11.6 Å². The lowest BCUT2D eigenvalue weighted by Gasteiger charge is -2.34. The lowest BCUT2D eigenvalue weighted by molar-refractivity contribution is 0.0546. The van der Waals surface area contributed by atoms with Crippen LogP contribution in [-0.4, -0.2) is 54.0 Å². The predicted molar refractivity (Wildman–Crippen MR) is 72.6 cm³/mol. The monoisotopic (exact) mass is 267 g/mol. The Morgan fingerprint density at radius 2 is 2.06 bits per heavy atom. The van der Waals surface area contributed by atoms with Crippen LogP contribution in [0.25, 0.3) is 0 Å². The fourth-order valence-electron chi connectivity index (χ4n) is 2.53. The van der Waals surface area contributed by atoms with E-state index in [0.717, 1.165) is 37.2 Å². The molecule has 3 aliphatic heterocycles. The van der Waals surface area contributed by atoms with Crippen molar-refractivity contribution in [2.24, 2.45) is 4.99 Å². The van der Waals surface area contributed by atoms with E-state index in [-0.39, 0.29) is 0 Å². The van der Waals surface area contributed by atoms with Gasteiger partial charge in [-0.3, -0.25) is 4.99 Å². The van der Waals surface area contributed by atoms with Crippen molar-refractivity contribution < 1.29 is 4.74 Å². The maximum absolute atomic E-state index is 6.35. The summed E-state index contributed by atoms with van der Waals surface area (Å²) in [6, 6.07) is 0.668. The zero-order valence-corrected chi connectivity index (χ0v) is 11.5. The van der Waals surface area contributed by atoms with Crippen LogP contribution in [0.4, 0.5) is 0 Å². The largest absolute Gasteiger partial charge is 0.378 e. The Morgan fingerprint density at radius 3 is 2.78 bits per heavy atom. The SMILES string of the molecule is CC1N=C2C(Cl)=CC(N3CCOCC3)=CN2C1C. The van der Waals surface area contributed by atoms with Gasteiger partial charge in [0.25, 0.3) is 0 Å². The summed E-state index contributed by atoms with van der Waals surface area (Å²) in [6.07, 6.45) is 4.19. The first-order valence-corrected chi connectivity index (χ1v) is 6.83. The molecule has 0 aromatic rings. The number of allylic oxidation sites excluding steroid dienone is 1. The van der Waals surface area contributed by atoms with Crippen molar-refractivity contribution in [1.82, 2.24) is 9.80 Å². The van der Waals surface area contributed by atoms with Crippen LogP contribution in [-0.2, 0) is 4.74 Å². The molecular weight excluding hydrogens is 250 g/mol. The summed E-state index contributed by atoms with van der Waals surface area (Å²) in [5.41, 5.74) is 1.17. The van der Waals surface area contributed by atoms with Crippen LogP contribution < -0.4 is 0 Å². The minimum absolute atomic E-state index is 0.294. The molecular formula is C13H18ClN3O. The van der Waals surface area contributed by atoms with Gasteiger partial charge in [0.15, 0.2) is 0 Å². The van der Waals surface area contributed by atoms with E-state index in [9.17, 15) is 0 Å². The number of fused-ring (bicyclic) bond motifs is 1. The van der Waals surface area contributed by atoms with E-state index in [4.69, 9.17) is 16.3 Å². The third-order valence-electron chi connectivity index (χ3n) is 3.84. The molecule has 5 heteroatoms. The first kappa shape index (κ1) is 12.1. The van der Waals surface area contributed by atoms with Crippen molar-refractivity contribution in [1.29, 1.82) is 0 Å². The number of hydrogen-bond acceptors (Lipinski definition) is 4. The van der Waals surface area contributed by atoms with Crippen molar-refractivity contribution in [3.8, 4) is 0 Å². The minimum atomic E-state index is 0.294. The summed E-state index contributed by atoms with van der Waals surface area (Å²) in [7, 11) is 0. The highest BCUT2D eigenvalue weighted by atomic mass is 35.5. The molecule has 3 heterocycles. The number of hydrogen-bond donors (Lipinski definition) is 0. The molecule has 18 heavy (non-hydrogen) atoms. The first-order valence-electron chi connectivity index (χ1n) is 6.45. The van der Waals surface area contributed by atoms with Crippen molar-refractivity contribution in [2.75, 3.05) is 26.3 Å². The average Bonchev–Trinajstić information content (AvgIpc) is 2.68. The van der Waals surface area contributed by atoms with E-state index in [1.54, 1.807) is 0 Å². The smallest absolute Gasteiger partial charge is 0.147 e. The van der Waals surface area contributed by atoms with Crippen LogP contribution in [0, 0.1) is 0 Å². The molecule has 4 nitrogen and oxygen atoms in total. The number of halogens is 1. The number of rotatable bonds is 1. The van der Waals surface area contributed by atoms with Gasteiger partial charge >= 0.3 is 0 Å². The van der Waals surface area contributed by atoms with E-state index in [2.05, 4.69) is 34.8 Å². The minimum Gasteiger partial charge on any atom is -0.378 e. The van der Waals surface area contributed by atoms with Gasteiger partial charge in [0, 0.05) is 19.3 Å². The molecule has 0 saturated carbocycles. The zero-order valence-electron chi connectivity index (χ0n) is 10.8. The quantitative estimate of drug-likeness (QED) is 0.725. The molecule has 3 aliphatic rings. The van der Waals surface area contributed by atoms with E-state index in [0.29, 0.717) is 12.1 Å². The molecule has 0 spiro atoms. The molecule has 98 valence electrons. The van der Waals surface area contributed by atoms with Crippen LogP contribution in [0.1, 0.15) is 13.8 Å². The van der Waals surface area contributed by atoms with Gasteiger partial charge in [0.2, 0.25) is 0 Å². The van der Waals surface area contributed by atoms with Crippen molar-refractivity contribution in [2.45, 2.75) is 25.9 Å². The Bertz CT molecular complexity index is 438. The molecule has 0 bridgehead atoms. The second-order valence-electron chi connectivity index (χ2n) is 4.99. The standard InChI is InChI=1S/C13H18ClN3O/c1-9-10(2)17-8-11(7-12(14)13(17)15-9)16-3-5-18-6-4-16/h7-10H,3-6H2,1-2H3. The summed E-state index contributed by atoms with van der Waals surface area (Å²) in [4.78, 5) is 9.12. The van der Waals surface area contributed by atoms with Gasteiger partial charge in [-0.2, -0.15) is 0 Å². The lowest BCUT2D eigenvalue weighted by atomic mass is 10.1. The van der Waals surface area contributed by atoms with Gasteiger partial charge in [0.1, 0.15) is 5.84 Å². The number of amidine groups is 1. The second kappa shape index (κ2) is 4.59. The fraction of sp³-hybridized carbons (Fsp3) is 0.615. The van der Waals surface area contributed by atoms with Crippen LogP contribution in [0.5, 0.6) is 0 Å². The molecule has 0 aromatic heterocycles. The molecule has 1 fully saturated rings. The van der Waals surface area contributed by atoms with Gasteiger partial charge in [-0.15, -0.1) is 0 Å². The molecule has 0 radical (unpaired) electrons. The van der Waals surface area contributed by atoms with Crippen LogP contribution in [0.2, 0.25) is 0 Å². The van der Waals surface area contributed by atoms with Crippen molar-refractivity contribution in [3.63, 3.8) is 0 Å². The van der Waals surface area contributed by atoms with E-state index in [1.807, 2.05) is 6.08 Å². The molecule has 3 rings (SSSR count). The predicted octanol–water partition coefficient (Wildman–Crippen LogP) is 1.79. The molecule has 0 N–H and O–H groups in total. The summed E-state index contributed by atoms with van der Waals surface area (Å²) in [6.45, 7) is 7.74. The molecule has 0 aliphatic carbocycles. The van der Waals surface area contributed by atoms with Crippen LogP contribution in [0.15, 0.2) is 28.0 Å². The van der Waals surface area contributed by atoms with Crippen LogP contribution in [0.3, 0.4) is 0 Å². The molecule has 1 saturated heterocycles. The Balaban J connectivity index is 1.87. The van der Waals surface area contributed by atoms with E-state index < -0.39 is 0 Å². The fourth-order valence-corrected chi connectivity index (χ4v) is 2.78. The van der Waals surface area contributed by atoms with Crippen molar-refractivity contribution >= 4 is 17.4 Å². The summed E-state index contributed by atoms with van der Waals surface area (Å²) >= 11 is 6.35. The normalized spacial score (nSPS) is 31.8. The Labute approximate surface area is 113 Å². The van der Waals surface area contributed by atoms with E-state index >= 15 is 0 Å². The Hall–Kier alpha value is -1.00. The third-order valence-corrected chi connectivity index (χ3v) is 4.12. The molecule has 0 amide bonds. The highest BCUT2D eigenvalue weighted by Gasteiger charge is 2.33. The number of morpholine rings is 1. The molecule has 0 aromatic carbocycles. The van der Waals surface area contributed by atoms with Gasteiger partial charge in [-0.25, -0.2) is 0 Å². The number of nitrogens with zero attached hydrogens (tertiary/aromatic N) is 3. The second-order valence-corrected chi connectivity index (χ2v) is 5.39. The average molecular weight is 268 g/mol. The summed E-state index contributed by atoms with van der Waals surface area (Å²) < 4.78 is 5.38. The Kier molecular flexibility index (Phi) is 3.08. The van der Waals surface area contributed by atoms with Gasteiger partial charge < -0.3 is 14.5 Å². The summed E-state index contributed by atoms with van der Waals surface area (Å²) in [5.74, 6) is 0.911. The number of ether oxygens (including phenoxy) is 1.